The second-order valence-corrected chi connectivity index (χ2v) is 10.5. The molecule has 16 heteroatoms. The van der Waals surface area contributed by atoms with E-state index in [9.17, 15) is 29.1 Å². The maximum absolute atomic E-state index is 12.3. The largest absolute Gasteiger partial charge is 0.463 e. The lowest BCUT2D eigenvalue weighted by Gasteiger charge is -2.50. The van der Waals surface area contributed by atoms with Gasteiger partial charge in [-0.25, -0.2) is 0 Å². The van der Waals surface area contributed by atoms with E-state index in [1.807, 2.05) is 6.07 Å². The van der Waals surface area contributed by atoms with Crippen LogP contribution in [0.25, 0.3) is 0 Å². The molecule has 0 aromatic heterocycles. The number of hydrogen-bond donors (Lipinski definition) is 1. The summed E-state index contributed by atoms with van der Waals surface area (Å²) in [6.45, 7) is 4.97. The Morgan fingerprint density at radius 1 is 0.711 bits per heavy atom. The fourth-order valence-corrected chi connectivity index (χ4v) is 5.27. The quantitative estimate of drug-likeness (QED) is 0.284. The molecule has 3 aliphatic heterocycles. The summed E-state index contributed by atoms with van der Waals surface area (Å²) >= 11 is 0. The zero-order chi connectivity index (χ0) is 32.8. The minimum atomic E-state index is -1.83. The van der Waals surface area contributed by atoms with Crippen molar-refractivity contribution in [3.05, 3.63) is 35.9 Å². The van der Waals surface area contributed by atoms with Crippen LogP contribution in [0.4, 0.5) is 0 Å². The monoisotopic (exact) mass is 640 g/mol. The van der Waals surface area contributed by atoms with Crippen LogP contribution in [0.2, 0.25) is 0 Å². The van der Waals surface area contributed by atoms with Crippen molar-refractivity contribution < 1.29 is 76.4 Å². The van der Waals surface area contributed by atoms with Gasteiger partial charge >= 0.3 is 29.8 Å². The van der Waals surface area contributed by atoms with Crippen molar-refractivity contribution in [2.75, 3.05) is 13.2 Å². The number of carbonyl (C=O) groups is 5. The SMILES string of the molecule is CC(=O)OC[C@H]1O[C@H](O)[C@H](OC(C)=O)[C@@H](OC(C)=O)[C@@H]1O[C@H]1O[C@@H]2CO[C@@H](c3ccccc3)O[C@H]2[C@H](OC(C)=O)[C@H]1OC(C)=O. The van der Waals surface area contributed by atoms with Gasteiger partial charge in [0.25, 0.3) is 0 Å². The Morgan fingerprint density at radius 2 is 1.29 bits per heavy atom. The molecule has 0 amide bonds. The molecule has 0 spiro atoms. The van der Waals surface area contributed by atoms with E-state index in [1.54, 1.807) is 24.3 Å². The second kappa shape index (κ2) is 15.1. The van der Waals surface area contributed by atoms with Gasteiger partial charge in [-0.1, -0.05) is 30.3 Å². The van der Waals surface area contributed by atoms with E-state index in [0.717, 1.165) is 34.6 Å². The summed E-state index contributed by atoms with van der Waals surface area (Å²) in [5.74, 6) is -3.91. The Morgan fingerprint density at radius 3 is 1.89 bits per heavy atom. The second-order valence-electron chi connectivity index (χ2n) is 10.5. The topological polar surface area (TPSA) is 198 Å². The summed E-state index contributed by atoms with van der Waals surface area (Å²) in [5.41, 5.74) is 0.673. The summed E-state index contributed by atoms with van der Waals surface area (Å²) in [6.07, 6.45) is -14.9. The molecule has 3 saturated heterocycles. The van der Waals surface area contributed by atoms with Crippen LogP contribution in [0.1, 0.15) is 46.5 Å². The molecule has 16 nitrogen and oxygen atoms in total. The minimum Gasteiger partial charge on any atom is -0.463 e. The highest BCUT2D eigenvalue weighted by atomic mass is 16.8. The standard InChI is InChI=1S/C29H36O16/c1-13(30)36-11-19-21(23(38-14(2)31)25(27(35)42-19)40-16(4)33)45-29-26(41-17(5)34)24(39-15(3)32)22-20(43-29)12-37-28(44-22)18-9-7-6-8-10-18/h6-10,19-29,35H,11-12H2,1-5H3/t19-,20-,21-,22-,23+,24+,25-,26-,27+,28-,29-/m1/s1. The first-order chi connectivity index (χ1) is 21.3. The number of rotatable bonds is 9. The van der Waals surface area contributed by atoms with Crippen molar-refractivity contribution >= 4 is 29.8 Å². The van der Waals surface area contributed by atoms with Crippen LogP contribution in [-0.2, 0) is 71.3 Å². The lowest BCUT2D eigenvalue weighted by Crippen LogP contribution is -2.67. The van der Waals surface area contributed by atoms with Gasteiger partial charge in [0.15, 0.2) is 43.3 Å². The Balaban J connectivity index is 1.70. The van der Waals surface area contributed by atoms with E-state index >= 15 is 0 Å². The summed E-state index contributed by atoms with van der Waals surface area (Å²) in [7, 11) is 0. The van der Waals surface area contributed by atoms with Gasteiger partial charge in [-0.3, -0.25) is 24.0 Å². The number of fused-ring (bicyclic) bond motifs is 1. The first-order valence-electron chi connectivity index (χ1n) is 14.1. The van der Waals surface area contributed by atoms with Crippen LogP contribution in [0.3, 0.4) is 0 Å². The molecule has 3 aliphatic rings. The van der Waals surface area contributed by atoms with Gasteiger partial charge in [0, 0.05) is 40.2 Å². The maximum Gasteiger partial charge on any atom is 0.303 e. The third-order valence-corrected chi connectivity index (χ3v) is 6.92. The maximum atomic E-state index is 12.3. The van der Waals surface area contributed by atoms with Crippen LogP contribution >= 0.6 is 0 Å². The van der Waals surface area contributed by atoms with Crippen molar-refractivity contribution in [1.29, 1.82) is 0 Å². The first kappa shape index (κ1) is 34.2. The van der Waals surface area contributed by atoms with Crippen molar-refractivity contribution in [3.63, 3.8) is 0 Å². The Bertz CT molecular complexity index is 1220. The van der Waals surface area contributed by atoms with E-state index in [-0.39, 0.29) is 6.61 Å². The van der Waals surface area contributed by atoms with Gasteiger partial charge < -0.3 is 52.5 Å². The number of aliphatic hydroxyl groups excluding tert-OH is 1. The van der Waals surface area contributed by atoms with Crippen LogP contribution in [0.15, 0.2) is 30.3 Å². The number of benzene rings is 1. The van der Waals surface area contributed by atoms with Crippen LogP contribution in [0, 0.1) is 0 Å². The summed E-state index contributed by atoms with van der Waals surface area (Å²) in [6, 6.07) is 8.95. The third-order valence-electron chi connectivity index (χ3n) is 6.92. The van der Waals surface area contributed by atoms with Gasteiger partial charge in [-0.05, 0) is 0 Å². The molecule has 0 unspecified atom stereocenters. The van der Waals surface area contributed by atoms with E-state index in [0.29, 0.717) is 5.56 Å². The zero-order valence-electron chi connectivity index (χ0n) is 25.2. The molecule has 4 rings (SSSR count). The van der Waals surface area contributed by atoms with E-state index in [4.69, 9.17) is 47.4 Å². The molecule has 0 aliphatic carbocycles. The summed E-state index contributed by atoms with van der Waals surface area (Å²) in [4.78, 5) is 60.3. The predicted octanol–water partition coefficient (Wildman–Crippen LogP) is 0.218. The number of aliphatic hydroxyl groups is 1. The van der Waals surface area contributed by atoms with Crippen molar-refractivity contribution in [2.24, 2.45) is 0 Å². The molecular weight excluding hydrogens is 604 g/mol. The highest BCUT2D eigenvalue weighted by Crippen LogP contribution is 2.38. The predicted molar refractivity (Wildman–Crippen MR) is 143 cm³/mol. The number of esters is 5. The summed E-state index contributed by atoms with van der Waals surface area (Å²) in [5, 5.41) is 10.7. The lowest BCUT2D eigenvalue weighted by molar-refractivity contribution is -0.384. The smallest absolute Gasteiger partial charge is 0.303 e. The van der Waals surface area contributed by atoms with Gasteiger partial charge in [-0.2, -0.15) is 0 Å². The van der Waals surface area contributed by atoms with Gasteiger partial charge in [0.2, 0.25) is 0 Å². The molecule has 0 bridgehead atoms. The van der Waals surface area contributed by atoms with E-state index in [2.05, 4.69) is 0 Å². The van der Waals surface area contributed by atoms with E-state index in [1.165, 1.54) is 0 Å². The molecular formula is C29H36O16. The molecule has 248 valence electrons. The molecule has 45 heavy (non-hydrogen) atoms. The van der Waals surface area contributed by atoms with E-state index < -0.39 is 104 Å². The van der Waals surface area contributed by atoms with Crippen molar-refractivity contribution in [3.8, 4) is 0 Å². The average Bonchev–Trinajstić information content (AvgIpc) is 2.96. The fourth-order valence-electron chi connectivity index (χ4n) is 5.27. The van der Waals surface area contributed by atoms with Gasteiger partial charge in [0.1, 0.15) is 31.0 Å². The van der Waals surface area contributed by atoms with Gasteiger partial charge in [-0.15, -0.1) is 0 Å². The fraction of sp³-hybridized carbons (Fsp3) is 0.621. The molecule has 1 aromatic carbocycles. The van der Waals surface area contributed by atoms with Crippen LogP contribution in [0.5, 0.6) is 0 Å². The van der Waals surface area contributed by atoms with Gasteiger partial charge in [0.05, 0.1) is 6.61 Å². The highest BCUT2D eigenvalue weighted by Gasteiger charge is 2.57. The Kier molecular flexibility index (Phi) is 11.5. The third kappa shape index (κ3) is 8.74. The molecule has 1 N–H and O–H groups in total. The Labute approximate surface area is 258 Å². The summed E-state index contributed by atoms with van der Waals surface area (Å²) < 4.78 is 56.9. The van der Waals surface area contributed by atoms with Crippen LogP contribution < -0.4 is 0 Å². The molecule has 0 saturated carbocycles. The zero-order valence-corrected chi connectivity index (χ0v) is 25.2. The van der Waals surface area contributed by atoms with Crippen LogP contribution in [-0.4, -0.2) is 110 Å². The number of carbonyl (C=O) groups excluding carboxylic acids is 5. The average molecular weight is 641 g/mol. The highest BCUT2D eigenvalue weighted by molar-refractivity contribution is 5.68. The normalized spacial score (nSPS) is 34.4. The first-order valence-corrected chi connectivity index (χ1v) is 14.1. The van der Waals surface area contributed by atoms with Crippen molar-refractivity contribution in [1.82, 2.24) is 0 Å². The molecule has 3 heterocycles. The Hall–Kier alpha value is -3.67. The number of hydrogen-bond acceptors (Lipinski definition) is 16. The molecule has 3 fully saturated rings. The molecule has 1 aromatic rings. The molecule has 11 atom stereocenters. The minimum absolute atomic E-state index is 0.0746. The lowest BCUT2D eigenvalue weighted by atomic mass is 9.95. The molecule has 0 radical (unpaired) electrons. The van der Waals surface area contributed by atoms with Crippen molar-refractivity contribution in [2.45, 2.75) is 102 Å². The number of ether oxygens (including phenoxy) is 10.